The number of ether oxygens (including phenoxy) is 1. The van der Waals surface area contributed by atoms with Gasteiger partial charge in [-0.25, -0.2) is 0 Å². The fourth-order valence-electron chi connectivity index (χ4n) is 2.85. The lowest BCUT2D eigenvalue weighted by atomic mass is 9.89. The van der Waals surface area contributed by atoms with Crippen LogP contribution in [0, 0.1) is 11.3 Å². The van der Waals surface area contributed by atoms with E-state index in [-0.39, 0.29) is 18.0 Å². The number of benzene rings is 1. The number of hydrogen-bond acceptors (Lipinski definition) is 4. The molecule has 1 aromatic carbocycles. The largest absolute Gasteiger partial charge is 0.384 e. The maximum Gasteiger partial charge on any atom is 0.262 e. The van der Waals surface area contributed by atoms with Crippen LogP contribution in [0.5, 0.6) is 0 Å². The van der Waals surface area contributed by atoms with E-state index in [1.807, 2.05) is 13.8 Å². The van der Waals surface area contributed by atoms with E-state index in [0.717, 1.165) is 0 Å². The van der Waals surface area contributed by atoms with Crippen molar-refractivity contribution in [3.05, 3.63) is 56.3 Å². The number of nitrogens with two attached hydrogens (primary N) is 1. The number of pyridine rings is 1. The van der Waals surface area contributed by atoms with Crippen LogP contribution in [0.25, 0.3) is 5.69 Å². The Morgan fingerprint density at radius 3 is 2.57 bits per heavy atom. The average molecular weight is 330 g/mol. The zero-order valence-electron chi connectivity index (χ0n) is 12.9. The third kappa shape index (κ3) is 2.61. The molecule has 0 unspecified atom stereocenters. The second-order valence-electron chi connectivity index (χ2n) is 6.17. The van der Waals surface area contributed by atoms with Crippen molar-refractivity contribution in [1.29, 1.82) is 5.26 Å². The fourth-order valence-corrected chi connectivity index (χ4v) is 2.98. The summed E-state index contributed by atoms with van der Waals surface area (Å²) in [5.41, 5.74) is 7.55. The van der Waals surface area contributed by atoms with Gasteiger partial charge >= 0.3 is 0 Å². The van der Waals surface area contributed by atoms with Gasteiger partial charge in [0.25, 0.3) is 5.56 Å². The molecule has 2 aromatic rings. The highest BCUT2D eigenvalue weighted by atomic mass is 35.5. The first-order valence-corrected chi connectivity index (χ1v) is 7.58. The molecule has 1 aliphatic rings. The lowest BCUT2D eigenvalue weighted by Gasteiger charge is -2.32. The van der Waals surface area contributed by atoms with E-state index >= 15 is 0 Å². The van der Waals surface area contributed by atoms with Gasteiger partial charge in [0, 0.05) is 17.0 Å². The number of nitrogens with zero attached hydrogens (tertiary/aromatic N) is 2. The van der Waals surface area contributed by atoms with Gasteiger partial charge in [-0.2, -0.15) is 5.26 Å². The number of fused-ring (bicyclic) bond motifs is 1. The van der Waals surface area contributed by atoms with Crippen molar-refractivity contribution in [2.75, 3.05) is 5.73 Å². The van der Waals surface area contributed by atoms with Crippen LogP contribution in [0.1, 0.15) is 30.5 Å². The standard InChI is InChI=1S/C17H16ClN3O2/c1-17(2)7-12-13(8-19)15(20)21(16(22)14(12)9-23-17)11-5-3-10(18)4-6-11/h3-6H,7,9,20H2,1-2H3. The molecule has 118 valence electrons. The van der Waals surface area contributed by atoms with Crippen LogP contribution < -0.4 is 11.3 Å². The minimum absolute atomic E-state index is 0.149. The number of rotatable bonds is 1. The number of nitrogen functional groups attached to an aromatic ring is 1. The topological polar surface area (TPSA) is 81.0 Å². The van der Waals surface area contributed by atoms with Crippen LogP contribution in [0.15, 0.2) is 29.1 Å². The number of hydrogen-bond donors (Lipinski definition) is 1. The van der Waals surface area contributed by atoms with Crippen LogP contribution in [-0.4, -0.2) is 10.2 Å². The lowest BCUT2D eigenvalue weighted by molar-refractivity contribution is -0.0408. The molecule has 0 saturated heterocycles. The van der Waals surface area contributed by atoms with Crippen molar-refractivity contribution in [2.24, 2.45) is 0 Å². The van der Waals surface area contributed by atoms with Crippen molar-refractivity contribution < 1.29 is 4.74 Å². The first kappa shape index (κ1) is 15.6. The van der Waals surface area contributed by atoms with Gasteiger partial charge in [-0.1, -0.05) is 11.6 Å². The molecule has 0 fully saturated rings. The molecule has 0 saturated carbocycles. The Hall–Kier alpha value is -2.29. The predicted octanol–water partition coefficient (Wildman–Crippen LogP) is 2.80. The number of aromatic nitrogens is 1. The smallest absolute Gasteiger partial charge is 0.262 e. The molecule has 1 aromatic heterocycles. The molecule has 1 aliphatic heterocycles. The second-order valence-corrected chi connectivity index (χ2v) is 6.61. The van der Waals surface area contributed by atoms with Crippen LogP contribution >= 0.6 is 11.6 Å². The Morgan fingerprint density at radius 1 is 1.30 bits per heavy atom. The predicted molar refractivity (Wildman–Crippen MR) is 88.7 cm³/mol. The summed E-state index contributed by atoms with van der Waals surface area (Å²) in [7, 11) is 0. The third-order valence-electron chi connectivity index (χ3n) is 4.03. The SMILES string of the molecule is CC1(C)Cc2c(C#N)c(N)n(-c3ccc(Cl)cc3)c(=O)c2CO1. The van der Waals surface area contributed by atoms with E-state index in [1.165, 1.54) is 4.57 Å². The van der Waals surface area contributed by atoms with Gasteiger partial charge < -0.3 is 10.5 Å². The fraction of sp³-hybridized carbons (Fsp3) is 0.294. The quantitative estimate of drug-likeness (QED) is 0.872. The molecule has 2 N–H and O–H groups in total. The first-order valence-electron chi connectivity index (χ1n) is 7.20. The first-order chi connectivity index (χ1) is 10.8. The summed E-state index contributed by atoms with van der Waals surface area (Å²) in [6.07, 6.45) is 0.478. The second kappa shape index (κ2) is 5.41. The molecule has 3 rings (SSSR count). The summed E-state index contributed by atoms with van der Waals surface area (Å²) in [5.74, 6) is 0.149. The van der Waals surface area contributed by atoms with Crippen LogP contribution in [0.4, 0.5) is 5.82 Å². The maximum absolute atomic E-state index is 12.9. The molecule has 5 nitrogen and oxygen atoms in total. The molecule has 23 heavy (non-hydrogen) atoms. The average Bonchev–Trinajstić information content (AvgIpc) is 2.48. The molecule has 0 atom stereocenters. The van der Waals surface area contributed by atoms with E-state index < -0.39 is 5.60 Å². The number of nitriles is 1. The summed E-state index contributed by atoms with van der Waals surface area (Å²) >= 11 is 5.89. The Morgan fingerprint density at radius 2 is 1.96 bits per heavy atom. The summed E-state index contributed by atoms with van der Waals surface area (Å²) in [5, 5.41) is 10.1. The molecule has 0 spiro atoms. The molecule has 0 bridgehead atoms. The molecule has 0 radical (unpaired) electrons. The molecular weight excluding hydrogens is 314 g/mol. The summed E-state index contributed by atoms with van der Waals surface area (Å²) in [6, 6.07) is 8.88. The van der Waals surface area contributed by atoms with Gasteiger partial charge in [-0.15, -0.1) is 0 Å². The van der Waals surface area contributed by atoms with Crippen LogP contribution in [0.2, 0.25) is 5.02 Å². The Kier molecular flexibility index (Phi) is 3.67. The van der Waals surface area contributed by atoms with Crippen LogP contribution in [0.3, 0.4) is 0 Å². The summed E-state index contributed by atoms with van der Waals surface area (Å²) in [4.78, 5) is 12.9. The molecule has 0 aliphatic carbocycles. The normalized spacial score (nSPS) is 15.7. The minimum Gasteiger partial charge on any atom is -0.384 e. The minimum atomic E-state index is -0.427. The highest BCUT2D eigenvalue weighted by molar-refractivity contribution is 6.30. The zero-order valence-corrected chi connectivity index (χ0v) is 13.6. The van der Waals surface area contributed by atoms with Crippen molar-refractivity contribution in [3.8, 4) is 11.8 Å². The molecule has 0 amide bonds. The van der Waals surface area contributed by atoms with Gasteiger partial charge in [-0.3, -0.25) is 9.36 Å². The Bertz CT molecular complexity index is 877. The molecule has 6 heteroatoms. The van der Waals surface area contributed by atoms with Crippen molar-refractivity contribution in [2.45, 2.75) is 32.5 Å². The zero-order chi connectivity index (χ0) is 16.8. The lowest BCUT2D eigenvalue weighted by Crippen LogP contribution is -2.38. The van der Waals surface area contributed by atoms with Crippen molar-refractivity contribution in [1.82, 2.24) is 4.57 Å². The van der Waals surface area contributed by atoms with E-state index in [4.69, 9.17) is 22.1 Å². The van der Waals surface area contributed by atoms with E-state index in [1.54, 1.807) is 24.3 Å². The molecular formula is C17H16ClN3O2. The Balaban J connectivity index is 2.31. The van der Waals surface area contributed by atoms with Gasteiger partial charge in [0.2, 0.25) is 0 Å². The Labute approximate surface area is 138 Å². The van der Waals surface area contributed by atoms with E-state index in [2.05, 4.69) is 6.07 Å². The van der Waals surface area contributed by atoms with Gasteiger partial charge in [0.05, 0.1) is 23.5 Å². The van der Waals surface area contributed by atoms with Crippen molar-refractivity contribution >= 4 is 17.4 Å². The highest BCUT2D eigenvalue weighted by Gasteiger charge is 2.32. The third-order valence-corrected chi connectivity index (χ3v) is 4.28. The van der Waals surface area contributed by atoms with E-state index in [0.29, 0.717) is 33.8 Å². The van der Waals surface area contributed by atoms with Gasteiger partial charge in [0.15, 0.2) is 0 Å². The highest BCUT2D eigenvalue weighted by Crippen LogP contribution is 2.31. The van der Waals surface area contributed by atoms with Crippen LogP contribution in [-0.2, 0) is 17.8 Å². The summed E-state index contributed by atoms with van der Waals surface area (Å²) < 4.78 is 7.08. The summed E-state index contributed by atoms with van der Waals surface area (Å²) in [6.45, 7) is 4.03. The monoisotopic (exact) mass is 329 g/mol. The van der Waals surface area contributed by atoms with E-state index in [9.17, 15) is 10.1 Å². The molecule has 2 heterocycles. The number of halogens is 1. The van der Waals surface area contributed by atoms with Gasteiger partial charge in [-0.05, 0) is 43.7 Å². The van der Waals surface area contributed by atoms with Gasteiger partial charge in [0.1, 0.15) is 11.9 Å². The maximum atomic E-state index is 12.9. The van der Waals surface area contributed by atoms with Crippen molar-refractivity contribution in [3.63, 3.8) is 0 Å². The number of anilines is 1.